The molecule has 5 nitrogen and oxygen atoms in total. The van der Waals surface area contributed by atoms with Gasteiger partial charge in [0.2, 0.25) is 5.88 Å². The van der Waals surface area contributed by atoms with Gasteiger partial charge in [-0.1, -0.05) is 0 Å². The van der Waals surface area contributed by atoms with Crippen LogP contribution in [-0.4, -0.2) is 19.8 Å². The zero-order valence-corrected chi connectivity index (χ0v) is 11.2. The minimum Gasteiger partial charge on any atom is -0.387 e. The van der Waals surface area contributed by atoms with Crippen LogP contribution in [0.5, 0.6) is 5.88 Å². The summed E-state index contributed by atoms with van der Waals surface area (Å²) in [5.41, 5.74) is -2.64. The number of aromatic nitrogens is 1. The molecule has 0 aliphatic carbocycles. The fourth-order valence-corrected chi connectivity index (χ4v) is 2.24. The van der Waals surface area contributed by atoms with Gasteiger partial charge in [0.1, 0.15) is 5.56 Å². The van der Waals surface area contributed by atoms with Gasteiger partial charge in [-0.05, 0) is 6.07 Å². The third-order valence-corrected chi connectivity index (χ3v) is 3.14. The highest BCUT2D eigenvalue weighted by atomic mass is 35.5. The lowest BCUT2D eigenvalue weighted by atomic mass is 10.2. The van der Waals surface area contributed by atoms with Crippen LogP contribution in [0.25, 0.3) is 0 Å². The Bertz CT molecular complexity index is 643. The fraction of sp³-hybridized carbons (Fsp3) is 0.375. The van der Waals surface area contributed by atoms with E-state index in [1.54, 1.807) is 0 Å². The largest absolute Gasteiger partial charge is 0.574 e. The van der Waals surface area contributed by atoms with E-state index in [1.165, 1.54) is 0 Å². The van der Waals surface area contributed by atoms with Crippen molar-refractivity contribution < 1.29 is 39.5 Å². The van der Waals surface area contributed by atoms with Crippen LogP contribution in [0.4, 0.5) is 26.3 Å². The molecule has 1 heterocycles. The van der Waals surface area contributed by atoms with Gasteiger partial charge in [-0.3, -0.25) is 0 Å². The number of hydrogen-bond donors (Lipinski definition) is 1. The smallest absolute Gasteiger partial charge is 0.387 e. The van der Waals surface area contributed by atoms with Crippen LogP contribution in [0.15, 0.2) is 11.1 Å². The molecular weight excluding hydrogens is 354 g/mol. The predicted molar refractivity (Wildman–Crippen MR) is 56.9 cm³/mol. The zero-order valence-electron chi connectivity index (χ0n) is 9.59. The van der Waals surface area contributed by atoms with Crippen LogP contribution in [-0.2, 0) is 22.1 Å². The molecule has 120 valence electrons. The normalized spacial score (nSPS) is 13.3. The Kier molecular flexibility index (Phi) is 4.65. The van der Waals surface area contributed by atoms with E-state index in [9.17, 15) is 34.8 Å². The molecule has 0 atom stereocenters. The molecule has 0 spiro atoms. The topological polar surface area (TPSA) is 82.3 Å². The lowest BCUT2D eigenvalue weighted by molar-refractivity contribution is -0.278. The first-order valence-electron chi connectivity index (χ1n) is 4.71. The monoisotopic (exact) mass is 358 g/mol. The highest BCUT2D eigenvalue weighted by Crippen LogP contribution is 2.39. The molecule has 13 heteroatoms. The van der Waals surface area contributed by atoms with E-state index in [2.05, 4.69) is 14.9 Å². The van der Waals surface area contributed by atoms with Crippen molar-refractivity contribution in [1.29, 1.82) is 0 Å². The zero-order chi connectivity index (χ0) is 16.6. The number of rotatable bonds is 3. The molecule has 0 saturated heterocycles. The standard InChI is InChI=1S/C8H5ClF6N2O3S/c9-2-3-1-4(7(10,11)12)5(20-8(13,14)15)17-6(3)21(16,18)19/h1H,2H2,(H2,16,18,19). The van der Waals surface area contributed by atoms with Gasteiger partial charge < -0.3 is 4.74 Å². The maximum absolute atomic E-state index is 12.7. The molecule has 1 rings (SSSR count). The van der Waals surface area contributed by atoms with E-state index in [4.69, 9.17) is 11.6 Å². The maximum atomic E-state index is 12.7. The Labute approximate surface area is 118 Å². The molecule has 2 N–H and O–H groups in total. The van der Waals surface area contributed by atoms with Gasteiger partial charge in [0, 0.05) is 5.56 Å². The van der Waals surface area contributed by atoms with Crippen LogP contribution in [0.2, 0.25) is 0 Å². The Hall–Kier alpha value is -1.27. The molecule has 0 aromatic carbocycles. The molecule has 0 aliphatic rings. The van der Waals surface area contributed by atoms with Crippen molar-refractivity contribution in [3.05, 3.63) is 17.2 Å². The summed E-state index contributed by atoms with van der Waals surface area (Å²) >= 11 is 5.26. The molecule has 21 heavy (non-hydrogen) atoms. The number of pyridine rings is 1. The third kappa shape index (κ3) is 4.61. The third-order valence-electron chi connectivity index (χ3n) is 1.96. The van der Waals surface area contributed by atoms with Crippen LogP contribution in [0, 0.1) is 0 Å². The first-order chi connectivity index (χ1) is 9.25. The van der Waals surface area contributed by atoms with Crippen molar-refractivity contribution in [2.45, 2.75) is 23.4 Å². The molecular formula is C8H5ClF6N2O3S. The average Bonchev–Trinajstić information content (AvgIpc) is 2.23. The number of ether oxygens (including phenoxy) is 1. The lowest BCUT2D eigenvalue weighted by Gasteiger charge is -2.16. The second-order valence-corrected chi connectivity index (χ2v) is 5.27. The Morgan fingerprint density at radius 1 is 1.24 bits per heavy atom. The Balaban J connectivity index is 3.66. The van der Waals surface area contributed by atoms with Gasteiger partial charge >= 0.3 is 12.5 Å². The fourth-order valence-electron chi connectivity index (χ4n) is 1.25. The van der Waals surface area contributed by atoms with E-state index in [0.717, 1.165) is 0 Å². The van der Waals surface area contributed by atoms with E-state index in [1.807, 2.05) is 0 Å². The summed E-state index contributed by atoms with van der Waals surface area (Å²) in [6, 6.07) is 0.0841. The van der Waals surface area contributed by atoms with Crippen LogP contribution in [0.3, 0.4) is 0 Å². The number of alkyl halides is 7. The van der Waals surface area contributed by atoms with Gasteiger partial charge in [-0.15, -0.1) is 24.8 Å². The summed E-state index contributed by atoms with van der Waals surface area (Å²) in [5.74, 6) is -2.75. The first-order valence-corrected chi connectivity index (χ1v) is 6.79. The summed E-state index contributed by atoms with van der Waals surface area (Å²) in [4.78, 5) is 2.71. The Morgan fingerprint density at radius 2 is 1.76 bits per heavy atom. The van der Waals surface area contributed by atoms with E-state index in [-0.39, 0.29) is 6.07 Å². The molecule has 0 saturated carbocycles. The van der Waals surface area contributed by atoms with Crippen molar-refractivity contribution >= 4 is 21.6 Å². The van der Waals surface area contributed by atoms with Gasteiger partial charge in [0.05, 0.1) is 5.88 Å². The maximum Gasteiger partial charge on any atom is 0.574 e. The molecule has 0 unspecified atom stereocenters. The number of sulfonamides is 1. The highest BCUT2D eigenvalue weighted by Gasteiger charge is 2.42. The predicted octanol–water partition coefficient (Wildman–Crippen LogP) is 2.39. The molecule has 0 fully saturated rings. The quantitative estimate of drug-likeness (QED) is 0.664. The number of hydrogen-bond acceptors (Lipinski definition) is 4. The SMILES string of the molecule is NS(=O)(=O)c1nc(OC(F)(F)F)c(C(F)(F)F)cc1CCl. The molecule has 0 aliphatic heterocycles. The van der Waals surface area contributed by atoms with Gasteiger partial charge in [0.15, 0.2) is 5.03 Å². The Morgan fingerprint density at radius 3 is 2.10 bits per heavy atom. The van der Waals surface area contributed by atoms with E-state index in [0.29, 0.717) is 0 Å². The molecule has 0 amide bonds. The summed E-state index contributed by atoms with van der Waals surface area (Å²) in [6.07, 6.45) is -10.8. The minimum absolute atomic E-state index is 0.0841. The van der Waals surface area contributed by atoms with Gasteiger partial charge in [-0.2, -0.15) is 18.2 Å². The van der Waals surface area contributed by atoms with Gasteiger partial charge in [0.25, 0.3) is 10.0 Å². The minimum atomic E-state index is -5.51. The van der Waals surface area contributed by atoms with Crippen LogP contribution in [0.1, 0.15) is 11.1 Å². The summed E-state index contributed by atoms with van der Waals surface area (Å²) < 4.78 is 99.6. The van der Waals surface area contributed by atoms with Crippen LogP contribution >= 0.6 is 11.6 Å². The van der Waals surface area contributed by atoms with Crippen molar-refractivity contribution in [1.82, 2.24) is 4.98 Å². The number of nitrogens with zero attached hydrogens (tertiary/aromatic N) is 1. The van der Waals surface area contributed by atoms with Crippen molar-refractivity contribution in [3.8, 4) is 5.88 Å². The van der Waals surface area contributed by atoms with Crippen molar-refractivity contribution in [2.75, 3.05) is 0 Å². The summed E-state index contributed by atoms with van der Waals surface area (Å²) in [5, 5.41) is 3.43. The second-order valence-electron chi connectivity index (χ2n) is 3.53. The van der Waals surface area contributed by atoms with Crippen LogP contribution < -0.4 is 9.88 Å². The number of nitrogens with two attached hydrogens (primary N) is 1. The molecule has 1 aromatic rings. The highest BCUT2D eigenvalue weighted by molar-refractivity contribution is 7.89. The van der Waals surface area contributed by atoms with E-state index >= 15 is 0 Å². The van der Waals surface area contributed by atoms with Gasteiger partial charge in [-0.25, -0.2) is 13.6 Å². The average molecular weight is 359 g/mol. The second kappa shape index (κ2) is 5.50. The lowest BCUT2D eigenvalue weighted by Crippen LogP contribution is -2.24. The molecule has 1 aromatic heterocycles. The van der Waals surface area contributed by atoms with Crippen molar-refractivity contribution in [3.63, 3.8) is 0 Å². The first kappa shape index (κ1) is 17.8. The molecule has 0 radical (unpaired) electrons. The van der Waals surface area contributed by atoms with Crippen molar-refractivity contribution in [2.24, 2.45) is 5.14 Å². The summed E-state index contributed by atoms with van der Waals surface area (Å²) in [6.45, 7) is 0. The molecule has 0 bridgehead atoms. The summed E-state index contributed by atoms with van der Waals surface area (Å²) in [7, 11) is -4.70. The number of halogens is 7. The number of primary sulfonamides is 1. The van der Waals surface area contributed by atoms with E-state index < -0.39 is 50.5 Å².